The molecule has 8 nitrogen and oxygen atoms in total. The van der Waals surface area contributed by atoms with E-state index in [1.165, 1.54) is 14.2 Å². The number of hydrogen-bond acceptors (Lipinski definition) is 8. The molecule has 0 heterocycles. The van der Waals surface area contributed by atoms with Crippen LogP contribution in [0.2, 0.25) is 0 Å². The summed E-state index contributed by atoms with van der Waals surface area (Å²) < 4.78 is 30.7. The van der Waals surface area contributed by atoms with E-state index in [2.05, 4.69) is 25.7 Å². The van der Waals surface area contributed by atoms with E-state index in [0.717, 1.165) is 51.4 Å². The van der Waals surface area contributed by atoms with Gasteiger partial charge in [0.05, 0.1) is 27.4 Å². The van der Waals surface area contributed by atoms with E-state index in [0.29, 0.717) is 12.2 Å². The summed E-state index contributed by atoms with van der Waals surface area (Å²) in [4.78, 5) is 19.8. The summed E-state index contributed by atoms with van der Waals surface area (Å²) in [6.45, 7) is 5.86. The zero-order valence-corrected chi connectivity index (χ0v) is 16.4. The molecule has 0 saturated carbocycles. The minimum absolute atomic E-state index is 0.234. The topological polar surface area (TPSA) is 89.5 Å². The lowest BCUT2D eigenvalue weighted by Crippen LogP contribution is -2.05. The van der Waals surface area contributed by atoms with E-state index >= 15 is 0 Å². The van der Waals surface area contributed by atoms with Gasteiger partial charge in [0.25, 0.3) is 0 Å². The summed E-state index contributed by atoms with van der Waals surface area (Å²) in [6.07, 6.45) is 8.03. The second kappa shape index (κ2) is 15.5. The van der Waals surface area contributed by atoms with E-state index in [9.17, 15) is 9.36 Å². The maximum atomic E-state index is 11.8. The average Bonchev–Trinajstić information content (AvgIpc) is 2.56. The van der Waals surface area contributed by atoms with E-state index in [4.69, 9.17) is 9.26 Å². The number of phosphoric acid groups is 1. The van der Waals surface area contributed by atoms with Crippen LogP contribution in [-0.2, 0) is 37.7 Å². The monoisotopic (exact) mass is 382 g/mol. The Kier molecular flexibility index (Phi) is 15.0. The van der Waals surface area contributed by atoms with Crippen molar-refractivity contribution in [3.8, 4) is 0 Å². The highest BCUT2D eigenvalue weighted by atomic mass is 31.2. The highest BCUT2D eigenvalue weighted by Gasteiger charge is 2.29. The Morgan fingerprint density at radius 1 is 0.840 bits per heavy atom. The molecule has 0 amide bonds. The standard InChI is InChI=1S/C16H31O8P/c1-15(2)16(17)21-13-11-9-7-5-6-8-10-12-14-22-25(18,23-19-3)24-20-4/h1,5-14H2,2-4H3. The van der Waals surface area contributed by atoms with Gasteiger partial charge in [-0.15, -0.1) is 9.35 Å². The summed E-state index contributed by atoms with van der Waals surface area (Å²) in [5, 5.41) is 0. The van der Waals surface area contributed by atoms with Gasteiger partial charge < -0.3 is 4.74 Å². The van der Waals surface area contributed by atoms with Crippen LogP contribution in [0, 0.1) is 0 Å². The number of esters is 1. The summed E-state index contributed by atoms with van der Waals surface area (Å²) in [5.74, 6) is -0.321. The van der Waals surface area contributed by atoms with Crippen LogP contribution in [0.25, 0.3) is 0 Å². The van der Waals surface area contributed by atoms with Crippen LogP contribution in [0.1, 0.15) is 58.3 Å². The van der Waals surface area contributed by atoms with E-state index in [-0.39, 0.29) is 12.6 Å². The molecule has 0 aromatic heterocycles. The molecule has 0 aromatic rings. The molecule has 0 aliphatic rings. The lowest BCUT2D eigenvalue weighted by molar-refractivity contribution is -0.259. The number of unbranched alkanes of at least 4 members (excludes halogenated alkanes) is 7. The van der Waals surface area contributed by atoms with Crippen molar-refractivity contribution < 1.29 is 37.7 Å². The normalized spacial score (nSPS) is 11.5. The molecular weight excluding hydrogens is 351 g/mol. The van der Waals surface area contributed by atoms with Crippen molar-refractivity contribution in [3.63, 3.8) is 0 Å². The van der Waals surface area contributed by atoms with Crippen LogP contribution >= 0.6 is 7.82 Å². The van der Waals surface area contributed by atoms with E-state index < -0.39 is 7.82 Å². The van der Waals surface area contributed by atoms with Gasteiger partial charge in [-0.25, -0.2) is 19.1 Å². The molecule has 0 fully saturated rings. The smallest absolute Gasteiger partial charge is 0.462 e. The first kappa shape index (κ1) is 24.2. The van der Waals surface area contributed by atoms with Crippen LogP contribution < -0.4 is 0 Å². The number of carbonyl (C=O) groups is 1. The minimum Gasteiger partial charge on any atom is -0.462 e. The molecule has 0 bridgehead atoms. The fraction of sp³-hybridized carbons (Fsp3) is 0.812. The van der Waals surface area contributed by atoms with Crippen LogP contribution in [0.3, 0.4) is 0 Å². The number of carbonyl (C=O) groups excluding carboxylic acids is 1. The summed E-state index contributed by atoms with van der Waals surface area (Å²) >= 11 is 0. The molecule has 0 N–H and O–H groups in total. The Bertz CT molecular complexity index is 403. The Morgan fingerprint density at radius 3 is 1.72 bits per heavy atom. The molecule has 9 heteroatoms. The van der Waals surface area contributed by atoms with Gasteiger partial charge in [0.2, 0.25) is 0 Å². The number of rotatable bonds is 17. The Morgan fingerprint density at radius 2 is 1.28 bits per heavy atom. The maximum Gasteiger partial charge on any atom is 0.529 e. The van der Waals surface area contributed by atoms with Crippen LogP contribution in [0.15, 0.2) is 12.2 Å². The second-order valence-electron chi connectivity index (χ2n) is 5.51. The lowest BCUT2D eigenvalue weighted by Gasteiger charge is -2.13. The maximum absolute atomic E-state index is 11.8. The SMILES string of the molecule is C=C(C)C(=O)OCCCCCCCCCCOP(=O)(OOC)OOC. The molecule has 0 unspecified atom stereocenters. The number of hydrogen-bond donors (Lipinski definition) is 0. The van der Waals surface area contributed by atoms with Gasteiger partial charge in [0, 0.05) is 5.57 Å². The molecule has 0 aromatic carbocycles. The van der Waals surface area contributed by atoms with Crippen molar-refractivity contribution in [1.29, 1.82) is 0 Å². The lowest BCUT2D eigenvalue weighted by atomic mass is 10.1. The first-order chi connectivity index (χ1) is 11.9. The van der Waals surface area contributed by atoms with Crippen molar-refractivity contribution in [2.24, 2.45) is 0 Å². The highest BCUT2D eigenvalue weighted by molar-refractivity contribution is 7.48. The van der Waals surface area contributed by atoms with Gasteiger partial charge in [-0.3, -0.25) is 4.52 Å². The predicted molar refractivity (Wildman–Crippen MR) is 92.5 cm³/mol. The van der Waals surface area contributed by atoms with Crippen molar-refractivity contribution in [1.82, 2.24) is 0 Å². The molecule has 0 rings (SSSR count). The molecule has 148 valence electrons. The Hall–Kier alpha value is -0.760. The van der Waals surface area contributed by atoms with Gasteiger partial charge in [0.15, 0.2) is 0 Å². The van der Waals surface area contributed by atoms with E-state index in [1.54, 1.807) is 6.92 Å². The first-order valence-corrected chi connectivity index (χ1v) is 9.93. The van der Waals surface area contributed by atoms with Crippen molar-refractivity contribution in [2.75, 3.05) is 27.4 Å². The largest absolute Gasteiger partial charge is 0.529 e. The van der Waals surface area contributed by atoms with Crippen molar-refractivity contribution in [3.05, 3.63) is 12.2 Å². The molecule has 0 atom stereocenters. The molecule has 25 heavy (non-hydrogen) atoms. The van der Waals surface area contributed by atoms with Crippen LogP contribution in [0.4, 0.5) is 0 Å². The zero-order valence-electron chi connectivity index (χ0n) is 15.5. The third kappa shape index (κ3) is 14.1. The summed E-state index contributed by atoms with van der Waals surface area (Å²) in [7, 11) is -1.38. The summed E-state index contributed by atoms with van der Waals surface area (Å²) in [5.41, 5.74) is 0.433. The Balaban J connectivity index is 3.43. The van der Waals surface area contributed by atoms with Crippen LogP contribution in [-0.4, -0.2) is 33.4 Å². The quantitative estimate of drug-likeness (QED) is 0.0907. The Labute approximate surface area is 150 Å². The van der Waals surface area contributed by atoms with Gasteiger partial charge in [-0.2, -0.15) is 0 Å². The molecule has 0 saturated heterocycles. The van der Waals surface area contributed by atoms with Gasteiger partial charge in [-0.05, 0) is 19.8 Å². The highest BCUT2D eigenvalue weighted by Crippen LogP contribution is 2.49. The third-order valence-corrected chi connectivity index (χ3v) is 4.36. The first-order valence-electron chi connectivity index (χ1n) is 8.47. The van der Waals surface area contributed by atoms with E-state index in [1.807, 2.05) is 0 Å². The van der Waals surface area contributed by atoms with Crippen molar-refractivity contribution >= 4 is 13.8 Å². The molecule has 0 aliphatic carbocycles. The second-order valence-corrected chi connectivity index (χ2v) is 6.96. The molecule has 0 aliphatic heterocycles. The zero-order chi connectivity index (χ0) is 19.0. The van der Waals surface area contributed by atoms with Gasteiger partial charge in [0.1, 0.15) is 0 Å². The van der Waals surface area contributed by atoms with Gasteiger partial charge >= 0.3 is 13.8 Å². The van der Waals surface area contributed by atoms with Gasteiger partial charge in [-0.1, -0.05) is 45.1 Å². The minimum atomic E-state index is -3.80. The summed E-state index contributed by atoms with van der Waals surface area (Å²) in [6, 6.07) is 0. The fourth-order valence-electron chi connectivity index (χ4n) is 1.97. The third-order valence-electron chi connectivity index (χ3n) is 3.20. The molecule has 0 radical (unpaired) electrons. The average molecular weight is 382 g/mol. The van der Waals surface area contributed by atoms with Crippen LogP contribution in [0.5, 0.6) is 0 Å². The fourth-order valence-corrected chi connectivity index (χ4v) is 2.80. The van der Waals surface area contributed by atoms with Crippen molar-refractivity contribution in [2.45, 2.75) is 58.3 Å². The number of ether oxygens (including phenoxy) is 1. The molecule has 0 spiro atoms. The predicted octanol–water partition coefficient (Wildman–Crippen LogP) is 4.51. The molecular formula is C16H31O8P.